The quantitative estimate of drug-likeness (QED) is 0.324. The van der Waals surface area contributed by atoms with Crippen LogP contribution in [0.1, 0.15) is 6.42 Å². The van der Waals surface area contributed by atoms with Gasteiger partial charge in [0, 0.05) is 0 Å². The van der Waals surface area contributed by atoms with Gasteiger partial charge < -0.3 is 14.2 Å². The number of hydrazine groups is 1. The Morgan fingerprint density at radius 2 is 2.38 bits per heavy atom. The molecule has 2 rings (SSSR count). The van der Waals surface area contributed by atoms with Gasteiger partial charge in [-0.25, -0.2) is 10.6 Å². The number of carbonyl (C=O) groups is 1. The molecule has 3 atom stereocenters. The number of nitrogens with two attached hydrogens (primary N) is 1. The number of fused-ring (bicyclic) bond motifs is 1. The molecular weight excluding hydrogens is 176 g/mol. The van der Waals surface area contributed by atoms with E-state index in [0.29, 0.717) is 13.2 Å². The minimum absolute atomic E-state index is 0.164. The van der Waals surface area contributed by atoms with E-state index in [1.54, 1.807) is 0 Å². The van der Waals surface area contributed by atoms with Gasteiger partial charge in [-0.05, 0) is 6.42 Å². The molecular formula is C7H12N2O4. The zero-order valence-corrected chi connectivity index (χ0v) is 7.06. The Morgan fingerprint density at radius 3 is 3.15 bits per heavy atom. The van der Waals surface area contributed by atoms with Crippen molar-refractivity contribution in [3.8, 4) is 0 Å². The smallest absolute Gasteiger partial charge is 0.421 e. The van der Waals surface area contributed by atoms with Crippen LogP contribution in [0.3, 0.4) is 0 Å². The number of hydrogen-bond donors (Lipinski definition) is 2. The van der Waals surface area contributed by atoms with E-state index >= 15 is 0 Å². The van der Waals surface area contributed by atoms with Gasteiger partial charge in [0.15, 0.2) is 6.29 Å². The van der Waals surface area contributed by atoms with Crippen molar-refractivity contribution < 1.29 is 19.0 Å². The predicted molar refractivity (Wildman–Crippen MR) is 41.4 cm³/mol. The summed E-state index contributed by atoms with van der Waals surface area (Å²) in [6.45, 7) is 1.06. The van der Waals surface area contributed by atoms with Crippen LogP contribution < -0.4 is 11.3 Å². The number of amides is 1. The van der Waals surface area contributed by atoms with Crippen LogP contribution in [0.25, 0.3) is 0 Å². The highest BCUT2D eigenvalue weighted by atomic mass is 16.7. The van der Waals surface area contributed by atoms with Crippen LogP contribution in [0, 0.1) is 5.92 Å². The van der Waals surface area contributed by atoms with Gasteiger partial charge in [0.25, 0.3) is 0 Å². The van der Waals surface area contributed by atoms with Crippen molar-refractivity contribution in [1.82, 2.24) is 5.43 Å². The molecule has 3 unspecified atom stereocenters. The van der Waals surface area contributed by atoms with Gasteiger partial charge in [-0.3, -0.25) is 5.43 Å². The van der Waals surface area contributed by atoms with Gasteiger partial charge in [-0.15, -0.1) is 0 Å². The fraction of sp³-hybridized carbons (Fsp3) is 0.857. The summed E-state index contributed by atoms with van der Waals surface area (Å²) in [6.07, 6.45) is -0.180. The zero-order valence-electron chi connectivity index (χ0n) is 7.06. The van der Waals surface area contributed by atoms with Gasteiger partial charge in [0.05, 0.1) is 19.1 Å². The summed E-state index contributed by atoms with van der Waals surface area (Å²) in [6, 6.07) is 0. The Morgan fingerprint density at radius 1 is 1.54 bits per heavy atom. The molecule has 0 radical (unpaired) electrons. The SMILES string of the molecule is NNC(=O)OC1COC2OCCC12. The van der Waals surface area contributed by atoms with Crippen LogP contribution >= 0.6 is 0 Å². The second-order valence-electron chi connectivity index (χ2n) is 3.11. The van der Waals surface area contributed by atoms with Crippen LogP contribution in [-0.4, -0.2) is 31.7 Å². The number of hydrogen-bond acceptors (Lipinski definition) is 5. The minimum atomic E-state index is -0.624. The van der Waals surface area contributed by atoms with E-state index in [1.165, 1.54) is 0 Å². The molecule has 1 amide bonds. The maximum Gasteiger partial charge on any atom is 0.421 e. The second-order valence-corrected chi connectivity index (χ2v) is 3.11. The Balaban J connectivity index is 1.90. The molecule has 2 saturated heterocycles. The van der Waals surface area contributed by atoms with E-state index in [1.807, 2.05) is 5.43 Å². The fourth-order valence-electron chi connectivity index (χ4n) is 1.72. The molecule has 0 aromatic heterocycles. The molecule has 0 aromatic carbocycles. The normalized spacial score (nSPS) is 37.2. The molecule has 0 saturated carbocycles. The van der Waals surface area contributed by atoms with Crippen molar-refractivity contribution in [3.05, 3.63) is 0 Å². The first-order valence-electron chi connectivity index (χ1n) is 4.21. The summed E-state index contributed by atoms with van der Waals surface area (Å²) < 4.78 is 15.5. The Hall–Kier alpha value is -0.850. The first-order valence-corrected chi connectivity index (χ1v) is 4.21. The summed E-state index contributed by atoms with van der Waals surface area (Å²) in [5.74, 6) is 5.05. The first kappa shape index (κ1) is 8.74. The molecule has 0 aliphatic carbocycles. The summed E-state index contributed by atoms with van der Waals surface area (Å²) in [4.78, 5) is 10.8. The van der Waals surface area contributed by atoms with Crippen LogP contribution in [-0.2, 0) is 14.2 Å². The third kappa shape index (κ3) is 1.60. The van der Waals surface area contributed by atoms with Gasteiger partial charge in [-0.1, -0.05) is 0 Å². The molecule has 0 bridgehead atoms. The zero-order chi connectivity index (χ0) is 9.26. The molecule has 6 heteroatoms. The fourth-order valence-corrected chi connectivity index (χ4v) is 1.72. The van der Waals surface area contributed by atoms with E-state index < -0.39 is 6.09 Å². The van der Waals surface area contributed by atoms with E-state index in [2.05, 4.69) is 0 Å². The average Bonchev–Trinajstić information content (AvgIpc) is 2.69. The largest absolute Gasteiger partial charge is 0.442 e. The highest BCUT2D eigenvalue weighted by Crippen LogP contribution is 2.32. The highest BCUT2D eigenvalue weighted by molar-refractivity contribution is 5.66. The highest BCUT2D eigenvalue weighted by Gasteiger charge is 2.43. The lowest BCUT2D eigenvalue weighted by atomic mass is 10.0. The molecule has 2 aliphatic heterocycles. The van der Waals surface area contributed by atoms with E-state index in [0.717, 1.165) is 6.42 Å². The van der Waals surface area contributed by atoms with E-state index in [9.17, 15) is 4.79 Å². The van der Waals surface area contributed by atoms with Gasteiger partial charge in [0.1, 0.15) is 6.10 Å². The van der Waals surface area contributed by atoms with Crippen molar-refractivity contribution in [2.24, 2.45) is 11.8 Å². The van der Waals surface area contributed by atoms with Gasteiger partial charge in [-0.2, -0.15) is 0 Å². The molecule has 0 aromatic rings. The lowest BCUT2D eigenvalue weighted by molar-refractivity contribution is -0.0907. The van der Waals surface area contributed by atoms with Crippen LogP contribution in [0.4, 0.5) is 4.79 Å². The minimum Gasteiger partial charge on any atom is -0.442 e. The summed E-state index contributed by atoms with van der Waals surface area (Å²) in [5, 5.41) is 0. The first-order chi connectivity index (χ1) is 6.31. The molecule has 2 aliphatic rings. The van der Waals surface area contributed by atoms with Crippen molar-refractivity contribution in [3.63, 3.8) is 0 Å². The van der Waals surface area contributed by atoms with Crippen molar-refractivity contribution in [2.45, 2.75) is 18.8 Å². The lowest BCUT2D eigenvalue weighted by Gasteiger charge is -2.14. The van der Waals surface area contributed by atoms with Crippen LogP contribution in [0.5, 0.6) is 0 Å². The van der Waals surface area contributed by atoms with Crippen molar-refractivity contribution in [1.29, 1.82) is 0 Å². The van der Waals surface area contributed by atoms with Gasteiger partial charge in [0.2, 0.25) is 0 Å². The molecule has 0 spiro atoms. The third-order valence-electron chi connectivity index (χ3n) is 2.36. The summed E-state index contributed by atoms with van der Waals surface area (Å²) in [7, 11) is 0. The number of carbonyl (C=O) groups excluding carboxylic acids is 1. The Bertz CT molecular complexity index is 211. The third-order valence-corrected chi connectivity index (χ3v) is 2.36. The van der Waals surface area contributed by atoms with Gasteiger partial charge >= 0.3 is 6.09 Å². The number of rotatable bonds is 1. The lowest BCUT2D eigenvalue weighted by Crippen LogP contribution is -2.36. The van der Waals surface area contributed by atoms with Crippen LogP contribution in [0.15, 0.2) is 0 Å². The molecule has 2 heterocycles. The molecule has 74 valence electrons. The van der Waals surface area contributed by atoms with Crippen molar-refractivity contribution in [2.75, 3.05) is 13.2 Å². The Kier molecular flexibility index (Phi) is 2.34. The standard InChI is InChI=1S/C7H12N2O4/c8-9-7(10)13-5-3-12-6-4(5)1-2-11-6/h4-6H,1-3,8H2,(H,9,10). The van der Waals surface area contributed by atoms with Crippen molar-refractivity contribution >= 4 is 6.09 Å². The van der Waals surface area contributed by atoms with Crippen LogP contribution in [0.2, 0.25) is 0 Å². The van der Waals surface area contributed by atoms with E-state index in [4.69, 9.17) is 20.1 Å². The number of ether oxygens (including phenoxy) is 3. The molecule has 2 fully saturated rings. The monoisotopic (exact) mass is 188 g/mol. The maximum absolute atomic E-state index is 10.8. The van der Waals surface area contributed by atoms with E-state index in [-0.39, 0.29) is 18.3 Å². The number of nitrogens with one attached hydrogen (secondary N) is 1. The molecule has 13 heavy (non-hydrogen) atoms. The second kappa shape index (κ2) is 3.49. The molecule has 6 nitrogen and oxygen atoms in total. The topological polar surface area (TPSA) is 82.8 Å². The Labute approximate surface area is 75.3 Å². The predicted octanol–water partition coefficient (Wildman–Crippen LogP) is -0.652. The molecule has 3 N–H and O–H groups in total. The summed E-state index contributed by atoms with van der Waals surface area (Å²) in [5.41, 5.74) is 1.91. The maximum atomic E-state index is 10.8. The average molecular weight is 188 g/mol. The summed E-state index contributed by atoms with van der Waals surface area (Å²) >= 11 is 0.